The lowest BCUT2D eigenvalue weighted by molar-refractivity contribution is 0.309. The van der Waals surface area contributed by atoms with Crippen molar-refractivity contribution in [3.63, 3.8) is 0 Å². The first-order valence-electron chi connectivity index (χ1n) is 7.48. The average molecular weight is 267 g/mol. The van der Waals surface area contributed by atoms with Crippen LogP contribution in [0.1, 0.15) is 65.2 Å². The summed E-state index contributed by atoms with van der Waals surface area (Å²) in [6.45, 7) is 8.71. The van der Waals surface area contributed by atoms with E-state index in [-0.39, 0.29) is 6.04 Å². The molecule has 1 aromatic heterocycles. The number of hydrazine groups is 1. The van der Waals surface area contributed by atoms with Crippen LogP contribution in [-0.2, 0) is 6.42 Å². The molecule has 0 spiro atoms. The fourth-order valence-corrected chi connectivity index (χ4v) is 2.57. The smallest absolute Gasteiger partial charge is 0.138 e. The van der Waals surface area contributed by atoms with Gasteiger partial charge < -0.3 is 0 Å². The lowest BCUT2D eigenvalue weighted by Crippen LogP contribution is -2.43. The molecule has 1 heterocycles. The van der Waals surface area contributed by atoms with Crippen LogP contribution in [0.3, 0.4) is 0 Å². The summed E-state index contributed by atoms with van der Waals surface area (Å²) in [5, 5.41) is 4.29. The summed E-state index contributed by atoms with van der Waals surface area (Å²) in [6, 6.07) is 0.616. The lowest BCUT2D eigenvalue weighted by atomic mass is 9.89. The van der Waals surface area contributed by atoms with Gasteiger partial charge in [-0.3, -0.25) is 11.3 Å². The van der Waals surface area contributed by atoms with Gasteiger partial charge in [0.15, 0.2) is 0 Å². The standard InChI is InChI=1S/C14H29N5/c1-5-7-8-12(6-2)13(18-15)9-14-16-10-17-19(14)11(3)4/h10-13,18H,5-9,15H2,1-4H3. The van der Waals surface area contributed by atoms with Crippen LogP contribution in [0.25, 0.3) is 0 Å². The van der Waals surface area contributed by atoms with Crippen molar-refractivity contribution in [1.82, 2.24) is 20.2 Å². The first kappa shape index (κ1) is 16.1. The van der Waals surface area contributed by atoms with E-state index in [1.54, 1.807) is 6.33 Å². The molecule has 19 heavy (non-hydrogen) atoms. The van der Waals surface area contributed by atoms with E-state index in [2.05, 4.69) is 43.2 Å². The Labute approximate surface area is 116 Å². The molecule has 0 fully saturated rings. The molecule has 0 amide bonds. The summed E-state index contributed by atoms with van der Waals surface area (Å²) >= 11 is 0. The topological polar surface area (TPSA) is 68.8 Å². The summed E-state index contributed by atoms with van der Waals surface area (Å²) in [6.07, 6.45) is 7.33. The maximum Gasteiger partial charge on any atom is 0.138 e. The fraction of sp³-hybridized carbons (Fsp3) is 0.857. The molecule has 5 heteroatoms. The summed E-state index contributed by atoms with van der Waals surface area (Å²) in [7, 11) is 0. The third-order valence-electron chi connectivity index (χ3n) is 3.77. The molecule has 110 valence electrons. The Bertz CT molecular complexity index is 347. The number of hydrogen-bond acceptors (Lipinski definition) is 4. The van der Waals surface area contributed by atoms with E-state index >= 15 is 0 Å². The van der Waals surface area contributed by atoms with E-state index in [4.69, 9.17) is 5.84 Å². The normalized spacial score (nSPS) is 14.8. The molecular weight excluding hydrogens is 238 g/mol. The van der Waals surface area contributed by atoms with Gasteiger partial charge in [-0.2, -0.15) is 5.10 Å². The van der Waals surface area contributed by atoms with Crippen molar-refractivity contribution in [2.24, 2.45) is 11.8 Å². The van der Waals surface area contributed by atoms with Gasteiger partial charge in [-0.1, -0.05) is 33.1 Å². The second kappa shape index (κ2) is 8.27. The van der Waals surface area contributed by atoms with Gasteiger partial charge in [-0.15, -0.1) is 0 Å². The molecule has 0 aliphatic carbocycles. The van der Waals surface area contributed by atoms with Crippen molar-refractivity contribution in [1.29, 1.82) is 0 Å². The van der Waals surface area contributed by atoms with Gasteiger partial charge in [0.25, 0.3) is 0 Å². The van der Waals surface area contributed by atoms with Crippen LogP contribution in [0.15, 0.2) is 6.33 Å². The quantitative estimate of drug-likeness (QED) is 0.532. The summed E-state index contributed by atoms with van der Waals surface area (Å²) in [4.78, 5) is 4.38. The minimum absolute atomic E-state index is 0.276. The van der Waals surface area contributed by atoms with Gasteiger partial charge in [0.2, 0.25) is 0 Å². The molecule has 0 saturated heterocycles. The predicted molar refractivity (Wildman–Crippen MR) is 78.5 cm³/mol. The average Bonchev–Trinajstić information content (AvgIpc) is 2.86. The molecule has 3 N–H and O–H groups in total. The maximum atomic E-state index is 5.76. The van der Waals surface area contributed by atoms with E-state index < -0.39 is 0 Å². The Morgan fingerprint density at radius 2 is 2.11 bits per heavy atom. The van der Waals surface area contributed by atoms with Crippen LogP contribution in [0.4, 0.5) is 0 Å². The van der Waals surface area contributed by atoms with Gasteiger partial charge in [0.1, 0.15) is 12.2 Å². The Kier molecular flexibility index (Phi) is 7.02. The number of hydrogen-bond donors (Lipinski definition) is 2. The fourth-order valence-electron chi connectivity index (χ4n) is 2.57. The first-order chi connectivity index (χ1) is 9.13. The highest BCUT2D eigenvalue weighted by Gasteiger charge is 2.21. The predicted octanol–water partition coefficient (Wildman–Crippen LogP) is 2.45. The number of nitrogens with two attached hydrogens (primary N) is 1. The van der Waals surface area contributed by atoms with Crippen molar-refractivity contribution in [3.8, 4) is 0 Å². The number of rotatable bonds is 9. The number of nitrogens with one attached hydrogen (secondary N) is 1. The van der Waals surface area contributed by atoms with E-state index in [0.717, 1.165) is 18.7 Å². The third kappa shape index (κ3) is 4.58. The molecule has 1 rings (SSSR count). The summed E-state index contributed by atoms with van der Waals surface area (Å²) in [5.74, 6) is 7.38. The molecule has 5 nitrogen and oxygen atoms in total. The number of nitrogens with zero attached hydrogens (tertiary/aromatic N) is 3. The van der Waals surface area contributed by atoms with Gasteiger partial charge in [0.05, 0.1) is 0 Å². The highest BCUT2D eigenvalue weighted by atomic mass is 15.3. The monoisotopic (exact) mass is 267 g/mol. The van der Waals surface area contributed by atoms with E-state index in [1.165, 1.54) is 19.3 Å². The van der Waals surface area contributed by atoms with E-state index in [9.17, 15) is 0 Å². The zero-order valence-electron chi connectivity index (χ0n) is 12.8. The number of unbranched alkanes of at least 4 members (excludes halogenated alkanes) is 1. The van der Waals surface area contributed by atoms with Crippen LogP contribution >= 0.6 is 0 Å². The van der Waals surface area contributed by atoms with Gasteiger partial charge in [0, 0.05) is 18.5 Å². The lowest BCUT2D eigenvalue weighted by Gasteiger charge is -2.25. The summed E-state index contributed by atoms with van der Waals surface area (Å²) in [5.41, 5.74) is 2.99. The van der Waals surface area contributed by atoms with Gasteiger partial charge in [-0.25, -0.2) is 9.67 Å². The Morgan fingerprint density at radius 3 is 2.63 bits per heavy atom. The van der Waals surface area contributed by atoms with Crippen LogP contribution in [0, 0.1) is 5.92 Å². The molecule has 2 unspecified atom stereocenters. The van der Waals surface area contributed by atoms with E-state index in [1.807, 2.05) is 4.68 Å². The molecule has 2 atom stereocenters. The maximum absolute atomic E-state index is 5.76. The van der Waals surface area contributed by atoms with Crippen LogP contribution in [0.5, 0.6) is 0 Å². The summed E-state index contributed by atoms with van der Waals surface area (Å²) < 4.78 is 1.98. The van der Waals surface area contributed by atoms with E-state index in [0.29, 0.717) is 12.0 Å². The largest absolute Gasteiger partial charge is 0.271 e. The molecule has 0 aliphatic heterocycles. The van der Waals surface area contributed by atoms with Crippen molar-refractivity contribution in [2.45, 2.75) is 71.9 Å². The molecule has 0 radical (unpaired) electrons. The highest BCUT2D eigenvalue weighted by Crippen LogP contribution is 2.20. The Balaban J connectivity index is 2.71. The number of aromatic nitrogens is 3. The minimum Gasteiger partial charge on any atom is -0.271 e. The molecule has 0 aliphatic rings. The molecule has 0 aromatic carbocycles. The molecule has 0 saturated carbocycles. The van der Waals surface area contributed by atoms with Gasteiger partial charge >= 0.3 is 0 Å². The van der Waals surface area contributed by atoms with Gasteiger partial charge in [-0.05, 0) is 26.2 Å². The Morgan fingerprint density at radius 1 is 1.37 bits per heavy atom. The molecule has 0 bridgehead atoms. The van der Waals surface area contributed by atoms with Crippen molar-refractivity contribution in [3.05, 3.63) is 12.2 Å². The second-order valence-electron chi connectivity index (χ2n) is 5.50. The van der Waals surface area contributed by atoms with Crippen LogP contribution in [-0.4, -0.2) is 20.8 Å². The first-order valence-corrected chi connectivity index (χ1v) is 7.48. The highest BCUT2D eigenvalue weighted by molar-refractivity contribution is 4.92. The zero-order valence-corrected chi connectivity index (χ0v) is 12.8. The van der Waals surface area contributed by atoms with Crippen molar-refractivity contribution >= 4 is 0 Å². The zero-order chi connectivity index (χ0) is 14.3. The van der Waals surface area contributed by atoms with Crippen LogP contribution in [0.2, 0.25) is 0 Å². The van der Waals surface area contributed by atoms with Crippen LogP contribution < -0.4 is 11.3 Å². The Hall–Kier alpha value is -0.940. The van der Waals surface area contributed by atoms with Crippen molar-refractivity contribution in [2.75, 3.05) is 0 Å². The molecular formula is C14H29N5. The van der Waals surface area contributed by atoms with Crippen molar-refractivity contribution < 1.29 is 0 Å². The third-order valence-corrected chi connectivity index (χ3v) is 3.77. The second-order valence-corrected chi connectivity index (χ2v) is 5.50. The molecule has 1 aromatic rings. The minimum atomic E-state index is 0.276. The SMILES string of the molecule is CCCCC(CC)C(Cc1ncnn1C(C)C)NN.